The number of nitrogens with two attached hydrogens (primary N) is 1. The van der Waals surface area contributed by atoms with Gasteiger partial charge in [0.05, 0.1) is 0 Å². The Morgan fingerprint density at radius 1 is 1.44 bits per heavy atom. The average molecular weight is 250 g/mol. The van der Waals surface area contributed by atoms with Crippen molar-refractivity contribution in [1.29, 1.82) is 0 Å². The molecule has 0 aliphatic carbocycles. The second-order valence-electron chi connectivity index (χ2n) is 4.66. The lowest BCUT2D eigenvalue weighted by Crippen LogP contribution is -2.49. The van der Waals surface area contributed by atoms with Crippen LogP contribution in [0.2, 0.25) is 0 Å². The van der Waals surface area contributed by atoms with Gasteiger partial charge in [-0.05, 0) is 37.6 Å². The van der Waals surface area contributed by atoms with Crippen LogP contribution < -0.4 is 10.6 Å². The largest absolute Gasteiger partial charge is 0.399 e. The van der Waals surface area contributed by atoms with Gasteiger partial charge < -0.3 is 20.5 Å². The average Bonchev–Trinajstić information content (AvgIpc) is 2.62. The third-order valence-electron chi connectivity index (χ3n) is 3.58. The number of nitrogens with zero attached hydrogens (tertiary/aromatic N) is 1. The van der Waals surface area contributed by atoms with Crippen molar-refractivity contribution < 1.29 is 9.84 Å². The summed E-state index contributed by atoms with van der Waals surface area (Å²) in [5.41, 5.74) is 8.60. The second kappa shape index (κ2) is 5.16. The standard InChI is InChI=1S/C14H22N2O2/c1-3-16-13-6-5-12(15)9-11(13)10-14(16,7-8-17)18-4-2/h5-6,9,17H,3-4,7-8,10,15H2,1-2H3. The first-order valence-corrected chi connectivity index (χ1v) is 6.57. The maximum absolute atomic E-state index is 9.33. The molecular weight excluding hydrogens is 228 g/mol. The molecule has 3 N–H and O–H groups in total. The van der Waals surface area contributed by atoms with E-state index in [9.17, 15) is 5.11 Å². The Labute approximate surface area is 108 Å². The van der Waals surface area contributed by atoms with Gasteiger partial charge in [0.1, 0.15) is 5.72 Å². The van der Waals surface area contributed by atoms with Crippen molar-refractivity contribution in [1.82, 2.24) is 0 Å². The Kier molecular flexibility index (Phi) is 3.78. The molecule has 1 aliphatic rings. The van der Waals surface area contributed by atoms with Gasteiger partial charge in [-0.3, -0.25) is 0 Å². The Bertz CT molecular complexity index is 414. The molecule has 1 aromatic carbocycles. The van der Waals surface area contributed by atoms with Gasteiger partial charge >= 0.3 is 0 Å². The highest BCUT2D eigenvalue weighted by molar-refractivity contribution is 5.65. The van der Waals surface area contributed by atoms with Crippen molar-refractivity contribution in [2.45, 2.75) is 32.4 Å². The van der Waals surface area contributed by atoms with Crippen LogP contribution in [0, 0.1) is 0 Å². The Balaban J connectivity index is 2.40. The number of ether oxygens (including phenoxy) is 1. The van der Waals surface area contributed by atoms with Crippen LogP contribution in [0.15, 0.2) is 18.2 Å². The fourth-order valence-electron chi connectivity index (χ4n) is 2.95. The predicted octanol–water partition coefficient (Wildman–Crippen LogP) is 1.77. The molecule has 0 fully saturated rings. The molecule has 100 valence electrons. The summed E-state index contributed by atoms with van der Waals surface area (Å²) in [4.78, 5) is 2.24. The number of anilines is 2. The van der Waals surface area contributed by atoms with Gasteiger partial charge in [0.25, 0.3) is 0 Å². The van der Waals surface area contributed by atoms with E-state index in [0.29, 0.717) is 13.0 Å². The summed E-state index contributed by atoms with van der Waals surface area (Å²) < 4.78 is 5.98. The lowest BCUT2D eigenvalue weighted by molar-refractivity contribution is -0.0490. The van der Waals surface area contributed by atoms with Crippen LogP contribution in [-0.4, -0.2) is 30.6 Å². The molecule has 4 heteroatoms. The Hall–Kier alpha value is -1.26. The third-order valence-corrected chi connectivity index (χ3v) is 3.58. The summed E-state index contributed by atoms with van der Waals surface area (Å²) >= 11 is 0. The summed E-state index contributed by atoms with van der Waals surface area (Å²) in [5, 5.41) is 9.33. The minimum atomic E-state index is -0.408. The fourth-order valence-corrected chi connectivity index (χ4v) is 2.95. The molecule has 1 unspecified atom stereocenters. The molecule has 1 aliphatic heterocycles. The topological polar surface area (TPSA) is 58.7 Å². The van der Waals surface area contributed by atoms with E-state index in [-0.39, 0.29) is 6.61 Å². The van der Waals surface area contributed by atoms with E-state index < -0.39 is 5.72 Å². The summed E-state index contributed by atoms with van der Waals surface area (Å²) in [6.45, 7) is 5.72. The molecule has 0 amide bonds. The summed E-state index contributed by atoms with van der Waals surface area (Å²) in [6, 6.07) is 5.98. The quantitative estimate of drug-likeness (QED) is 0.782. The number of likely N-dealkylation sites (N-methyl/N-ethyl adjacent to an activating group) is 1. The van der Waals surface area contributed by atoms with Crippen LogP contribution in [0.5, 0.6) is 0 Å². The van der Waals surface area contributed by atoms with Gasteiger partial charge in [-0.15, -0.1) is 0 Å². The van der Waals surface area contributed by atoms with Gasteiger partial charge in [-0.25, -0.2) is 0 Å². The van der Waals surface area contributed by atoms with Gasteiger partial charge in [0, 0.05) is 44.0 Å². The monoisotopic (exact) mass is 250 g/mol. The number of aliphatic hydroxyl groups excluding tert-OH is 1. The normalized spacial score (nSPS) is 22.3. The van der Waals surface area contributed by atoms with E-state index in [1.165, 1.54) is 11.3 Å². The Morgan fingerprint density at radius 3 is 2.83 bits per heavy atom. The smallest absolute Gasteiger partial charge is 0.147 e. The molecule has 0 aromatic heterocycles. The van der Waals surface area contributed by atoms with Crippen molar-refractivity contribution in [2.75, 3.05) is 30.4 Å². The zero-order valence-electron chi connectivity index (χ0n) is 11.1. The highest BCUT2D eigenvalue weighted by Gasteiger charge is 2.43. The maximum atomic E-state index is 9.33. The fraction of sp³-hybridized carbons (Fsp3) is 0.571. The molecule has 0 bridgehead atoms. The number of hydrogen-bond donors (Lipinski definition) is 2. The van der Waals surface area contributed by atoms with Crippen molar-refractivity contribution in [2.24, 2.45) is 0 Å². The first kappa shape index (κ1) is 13.2. The molecule has 0 radical (unpaired) electrons. The summed E-state index contributed by atoms with van der Waals surface area (Å²) in [7, 11) is 0. The molecular formula is C14H22N2O2. The molecule has 1 aromatic rings. The molecule has 0 saturated carbocycles. The number of nitrogen functional groups attached to an aromatic ring is 1. The first-order chi connectivity index (χ1) is 8.66. The van der Waals surface area contributed by atoms with E-state index in [1.807, 2.05) is 25.1 Å². The van der Waals surface area contributed by atoms with Gasteiger partial charge in [0.15, 0.2) is 0 Å². The number of fused-ring (bicyclic) bond motifs is 1. The van der Waals surface area contributed by atoms with Crippen LogP contribution >= 0.6 is 0 Å². The number of rotatable bonds is 5. The van der Waals surface area contributed by atoms with Crippen molar-refractivity contribution >= 4 is 11.4 Å². The van der Waals surface area contributed by atoms with Crippen LogP contribution in [0.25, 0.3) is 0 Å². The molecule has 1 atom stereocenters. The number of benzene rings is 1. The van der Waals surface area contributed by atoms with Crippen LogP contribution in [-0.2, 0) is 11.2 Å². The van der Waals surface area contributed by atoms with Crippen molar-refractivity contribution in [3.63, 3.8) is 0 Å². The van der Waals surface area contributed by atoms with E-state index in [4.69, 9.17) is 10.5 Å². The molecule has 2 rings (SSSR count). The van der Waals surface area contributed by atoms with Gasteiger partial charge in [-0.1, -0.05) is 0 Å². The van der Waals surface area contributed by atoms with Crippen LogP contribution in [0.4, 0.5) is 11.4 Å². The zero-order chi connectivity index (χ0) is 13.2. The van der Waals surface area contributed by atoms with Gasteiger partial charge in [-0.2, -0.15) is 0 Å². The Morgan fingerprint density at radius 2 is 2.22 bits per heavy atom. The molecule has 1 heterocycles. The summed E-state index contributed by atoms with van der Waals surface area (Å²) in [5.74, 6) is 0. The third kappa shape index (κ3) is 2.06. The van der Waals surface area contributed by atoms with E-state index in [0.717, 1.165) is 18.7 Å². The van der Waals surface area contributed by atoms with Crippen LogP contribution in [0.3, 0.4) is 0 Å². The highest BCUT2D eigenvalue weighted by atomic mass is 16.5. The SMILES string of the molecule is CCOC1(CCO)Cc2cc(N)ccc2N1CC. The minimum absolute atomic E-state index is 0.125. The molecule has 4 nitrogen and oxygen atoms in total. The van der Waals surface area contributed by atoms with E-state index in [1.54, 1.807) is 0 Å². The number of hydrogen-bond acceptors (Lipinski definition) is 4. The summed E-state index contributed by atoms with van der Waals surface area (Å²) in [6.07, 6.45) is 1.40. The van der Waals surface area contributed by atoms with E-state index in [2.05, 4.69) is 11.8 Å². The van der Waals surface area contributed by atoms with Gasteiger partial charge in [0.2, 0.25) is 0 Å². The lowest BCUT2D eigenvalue weighted by atomic mass is 10.0. The van der Waals surface area contributed by atoms with Crippen LogP contribution in [0.1, 0.15) is 25.8 Å². The molecule has 0 spiro atoms. The lowest BCUT2D eigenvalue weighted by Gasteiger charge is -2.39. The predicted molar refractivity (Wildman–Crippen MR) is 73.6 cm³/mol. The number of aliphatic hydroxyl groups is 1. The maximum Gasteiger partial charge on any atom is 0.147 e. The zero-order valence-corrected chi connectivity index (χ0v) is 11.1. The minimum Gasteiger partial charge on any atom is -0.399 e. The first-order valence-electron chi connectivity index (χ1n) is 6.57. The van der Waals surface area contributed by atoms with E-state index >= 15 is 0 Å². The van der Waals surface area contributed by atoms with Crippen molar-refractivity contribution in [3.05, 3.63) is 23.8 Å². The van der Waals surface area contributed by atoms with Crippen molar-refractivity contribution in [3.8, 4) is 0 Å². The molecule has 18 heavy (non-hydrogen) atoms. The molecule has 0 saturated heterocycles. The second-order valence-corrected chi connectivity index (χ2v) is 4.66. The highest BCUT2D eigenvalue weighted by Crippen LogP contribution is 2.42.